The fourth-order valence-electron chi connectivity index (χ4n) is 2.47. The van der Waals surface area contributed by atoms with Gasteiger partial charge in [-0.05, 0) is 18.2 Å². The first-order valence-electron chi connectivity index (χ1n) is 7.27. The van der Waals surface area contributed by atoms with Crippen molar-refractivity contribution in [1.82, 2.24) is 0 Å². The van der Waals surface area contributed by atoms with E-state index in [4.69, 9.17) is 23.2 Å². The maximum Gasteiger partial charge on any atom is 0.195 e. The molecule has 0 bridgehead atoms. The Labute approximate surface area is 149 Å². The summed E-state index contributed by atoms with van der Waals surface area (Å²) in [6.07, 6.45) is 0. The summed E-state index contributed by atoms with van der Waals surface area (Å²) in [5, 5.41) is 0.572. The first-order chi connectivity index (χ1) is 11.6. The van der Waals surface area contributed by atoms with Crippen LogP contribution in [-0.2, 0) is 0 Å². The van der Waals surface area contributed by atoms with Crippen molar-refractivity contribution < 1.29 is 9.59 Å². The predicted molar refractivity (Wildman–Crippen MR) is 96.2 cm³/mol. The van der Waals surface area contributed by atoms with Gasteiger partial charge in [0.25, 0.3) is 0 Å². The minimum atomic E-state index is -0.331. The topological polar surface area (TPSA) is 34.1 Å². The third-order valence-electron chi connectivity index (χ3n) is 3.64. The van der Waals surface area contributed by atoms with Crippen molar-refractivity contribution in [2.24, 2.45) is 0 Å². The van der Waals surface area contributed by atoms with E-state index in [-0.39, 0.29) is 27.7 Å². The number of hydrogen-bond donors (Lipinski definition) is 0. The van der Waals surface area contributed by atoms with Crippen LogP contribution in [0.2, 0.25) is 10.0 Å². The van der Waals surface area contributed by atoms with E-state index in [1.54, 1.807) is 66.7 Å². The molecule has 0 aliphatic rings. The largest absolute Gasteiger partial charge is 0.289 e. The molecule has 3 rings (SSSR count). The van der Waals surface area contributed by atoms with Crippen molar-refractivity contribution in [3.8, 4) is 0 Å². The maximum atomic E-state index is 12.9. The summed E-state index contributed by atoms with van der Waals surface area (Å²) < 4.78 is 0. The van der Waals surface area contributed by atoms with Crippen LogP contribution in [0.4, 0.5) is 0 Å². The standard InChI is InChI=1S/C20H12Cl2O2/c21-16-11-5-4-9-14(16)20(24)15-10-6-12-17(22)18(15)19(23)13-7-2-1-3-8-13/h1-12H. The molecule has 0 radical (unpaired) electrons. The zero-order valence-electron chi connectivity index (χ0n) is 12.5. The van der Waals surface area contributed by atoms with Crippen LogP contribution in [0.1, 0.15) is 31.8 Å². The minimum absolute atomic E-state index is 0.190. The van der Waals surface area contributed by atoms with E-state index in [1.165, 1.54) is 0 Å². The Morgan fingerprint density at radius 2 is 1.17 bits per heavy atom. The lowest BCUT2D eigenvalue weighted by atomic mass is 9.93. The zero-order chi connectivity index (χ0) is 17.1. The number of benzene rings is 3. The molecule has 2 nitrogen and oxygen atoms in total. The summed E-state index contributed by atoms with van der Waals surface area (Å²) in [5.41, 5.74) is 1.24. The van der Waals surface area contributed by atoms with E-state index >= 15 is 0 Å². The van der Waals surface area contributed by atoms with Crippen LogP contribution in [0.25, 0.3) is 0 Å². The quantitative estimate of drug-likeness (QED) is 0.583. The van der Waals surface area contributed by atoms with Gasteiger partial charge in [0, 0.05) is 16.7 Å². The number of hydrogen-bond acceptors (Lipinski definition) is 2. The van der Waals surface area contributed by atoms with Crippen LogP contribution >= 0.6 is 23.2 Å². The van der Waals surface area contributed by atoms with E-state index in [0.29, 0.717) is 16.1 Å². The molecule has 0 N–H and O–H groups in total. The molecule has 0 aliphatic carbocycles. The average molecular weight is 355 g/mol. The van der Waals surface area contributed by atoms with Crippen molar-refractivity contribution in [2.75, 3.05) is 0 Å². The van der Waals surface area contributed by atoms with Crippen LogP contribution in [0, 0.1) is 0 Å². The summed E-state index contributed by atoms with van der Waals surface area (Å²) in [4.78, 5) is 25.7. The normalized spacial score (nSPS) is 10.4. The second-order valence-corrected chi connectivity index (χ2v) is 5.98. The summed E-state index contributed by atoms with van der Waals surface area (Å²) in [5.74, 6) is -0.626. The molecule has 4 heteroatoms. The molecule has 0 unspecified atom stereocenters. The van der Waals surface area contributed by atoms with Crippen LogP contribution in [0.5, 0.6) is 0 Å². The van der Waals surface area contributed by atoms with Gasteiger partial charge in [0.1, 0.15) is 0 Å². The number of halogens is 2. The van der Waals surface area contributed by atoms with Crippen molar-refractivity contribution >= 4 is 34.8 Å². The van der Waals surface area contributed by atoms with E-state index < -0.39 is 0 Å². The van der Waals surface area contributed by atoms with Gasteiger partial charge in [0.05, 0.1) is 15.6 Å². The van der Waals surface area contributed by atoms with Crippen LogP contribution in [0.3, 0.4) is 0 Å². The Kier molecular flexibility index (Phi) is 4.79. The lowest BCUT2D eigenvalue weighted by Gasteiger charge is -2.11. The molecule has 0 amide bonds. The van der Waals surface area contributed by atoms with Crippen molar-refractivity contribution in [3.63, 3.8) is 0 Å². The summed E-state index contributed by atoms with van der Waals surface area (Å²) in [7, 11) is 0. The second-order valence-electron chi connectivity index (χ2n) is 5.17. The molecule has 0 aromatic heterocycles. The molecular weight excluding hydrogens is 343 g/mol. The second kappa shape index (κ2) is 7.00. The van der Waals surface area contributed by atoms with Gasteiger partial charge in [-0.1, -0.05) is 77.8 Å². The first kappa shape index (κ1) is 16.4. The van der Waals surface area contributed by atoms with Gasteiger partial charge in [0.15, 0.2) is 11.6 Å². The van der Waals surface area contributed by atoms with Crippen molar-refractivity contribution in [2.45, 2.75) is 0 Å². The highest BCUT2D eigenvalue weighted by molar-refractivity contribution is 6.38. The zero-order valence-corrected chi connectivity index (χ0v) is 14.0. The molecule has 0 atom stereocenters. The Bertz CT molecular complexity index is 918. The van der Waals surface area contributed by atoms with Gasteiger partial charge in [-0.25, -0.2) is 0 Å². The molecule has 3 aromatic carbocycles. The molecule has 118 valence electrons. The first-order valence-corrected chi connectivity index (χ1v) is 8.02. The summed E-state index contributed by atoms with van der Waals surface area (Å²) in [6.45, 7) is 0. The van der Waals surface area contributed by atoms with Crippen molar-refractivity contribution in [3.05, 3.63) is 105 Å². The lowest BCUT2D eigenvalue weighted by molar-refractivity contribution is 0.100. The van der Waals surface area contributed by atoms with Gasteiger partial charge in [-0.15, -0.1) is 0 Å². The molecule has 3 aromatic rings. The number of carbonyl (C=O) groups excluding carboxylic acids is 2. The molecular formula is C20H12Cl2O2. The Balaban J connectivity index is 2.14. The highest BCUT2D eigenvalue weighted by atomic mass is 35.5. The van der Waals surface area contributed by atoms with Crippen LogP contribution in [0.15, 0.2) is 72.8 Å². The van der Waals surface area contributed by atoms with Gasteiger partial charge >= 0.3 is 0 Å². The van der Waals surface area contributed by atoms with E-state index in [2.05, 4.69) is 0 Å². The van der Waals surface area contributed by atoms with E-state index in [9.17, 15) is 9.59 Å². The van der Waals surface area contributed by atoms with Gasteiger partial charge in [-0.2, -0.15) is 0 Å². The number of rotatable bonds is 4. The molecule has 24 heavy (non-hydrogen) atoms. The predicted octanol–water partition coefficient (Wildman–Crippen LogP) is 5.46. The highest BCUT2D eigenvalue weighted by Gasteiger charge is 2.23. The van der Waals surface area contributed by atoms with Crippen LogP contribution < -0.4 is 0 Å². The monoisotopic (exact) mass is 354 g/mol. The molecule has 0 spiro atoms. The highest BCUT2D eigenvalue weighted by Crippen LogP contribution is 2.27. The SMILES string of the molecule is O=C(c1ccccc1Cl)c1cccc(Cl)c1C(=O)c1ccccc1. The third kappa shape index (κ3) is 3.12. The molecule has 0 saturated heterocycles. The van der Waals surface area contributed by atoms with Crippen molar-refractivity contribution in [1.29, 1.82) is 0 Å². The molecule has 0 heterocycles. The Morgan fingerprint density at radius 3 is 1.88 bits per heavy atom. The molecule has 0 aliphatic heterocycles. The lowest BCUT2D eigenvalue weighted by Crippen LogP contribution is -2.12. The minimum Gasteiger partial charge on any atom is -0.289 e. The summed E-state index contributed by atoms with van der Waals surface area (Å²) >= 11 is 12.4. The fraction of sp³-hybridized carbons (Fsp3) is 0. The van der Waals surface area contributed by atoms with Gasteiger partial charge in [-0.3, -0.25) is 9.59 Å². The average Bonchev–Trinajstić information content (AvgIpc) is 2.61. The van der Waals surface area contributed by atoms with E-state index in [0.717, 1.165) is 0 Å². The fourth-order valence-corrected chi connectivity index (χ4v) is 2.95. The smallest absolute Gasteiger partial charge is 0.195 e. The third-order valence-corrected chi connectivity index (χ3v) is 4.28. The van der Waals surface area contributed by atoms with Gasteiger partial charge in [0.2, 0.25) is 0 Å². The number of carbonyl (C=O) groups is 2. The summed E-state index contributed by atoms with van der Waals surface area (Å²) in [6, 6.07) is 20.3. The maximum absolute atomic E-state index is 12.9. The van der Waals surface area contributed by atoms with E-state index in [1.807, 2.05) is 6.07 Å². The van der Waals surface area contributed by atoms with Gasteiger partial charge < -0.3 is 0 Å². The molecule has 0 saturated carbocycles. The van der Waals surface area contributed by atoms with Crippen LogP contribution in [-0.4, -0.2) is 11.6 Å². The molecule has 0 fully saturated rings. The Morgan fingerprint density at radius 1 is 0.583 bits per heavy atom. The number of ketones is 2. The Hall–Kier alpha value is -2.42.